The molecule has 0 bridgehead atoms. The molecule has 4 rings (SSSR count). The zero-order chi connectivity index (χ0) is 19.0. The Kier molecular flexibility index (Phi) is 6.43. The molecule has 0 aliphatic carbocycles. The zero-order valence-corrected chi connectivity index (χ0v) is 17.8. The van der Waals surface area contributed by atoms with Crippen LogP contribution in [0.1, 0.15) is 18.2 Å². The second kappa shape index (κ2) is 8.64. The van der Waals surface area contributed by atoms with Gasteiger partial charge in [0.2, 0.25) is 0 Å². The molecular weight excluding hydrogens is 435 g/mol. The van der Waals surface area contributed by atoms with Crippen molar-refractivity contribution in [3.63, 3.8) is 0 Å². The van der Waals surface area contributed by atoms with Gasteiger partial charge in [0.05, 0.1) is 12.4 Å². The molecule has 1 fully saturated rings. The Bertz CT molecular complexity index is 1020. The third kappa shape index (κ3) is 3.69. The number of imidazole rings is 1. The van der Waals surface area contributed by atoms with Gasteiger partial charge < -0.3 is 27.2 Å². The number of ether oxygens (including phenoxy) is 1. The van der Waals surface area contributed by atoms with Gasteiger partial charge in [0.25, 0.3) is 0 Å². The Morgan fingerprint density at radius 1 is 1.25 bits per heavy atom. The molecule has 2 aromatic heterocycles. The maximum Gasteiger partial charge on any atom is 0.167 e. The molecule has 141 valence electrons. The van der Waals surface area contributed by atoms with Gasteiger partial charge in [0.1, 0.15) is 18.5 Å². The number of terminal acetylenes is 1. The van der Waals surface area contributed by atoms with Crippen molar-refractivity contribution in [2.45, 2.75) is 31.0 Å². The van der Waals surface area contributed by atoms with E-state index in [1.54, 1.807) is 4.57 Å². The molecule has 0 saturated carbocycles. The van der Waals surface area contributed by atoms with Gasteiger partial charge >= 0.3 is 0 Å². The minimum absolute atomic E-state index is 0. The van der Waals surface area contributed by atoms with Gasteiger partial charge in [0, 0.05) is 44.0 Å². The van der Waals surface area contributed by atoms with Crippen LogP contribution in [0.3, 0.4) is 0 Å². The Morgan fingerprint density at radius 2 is 2.07 bits per heavy atom. The summed E-state index contributed by atoms with van der Waals surface area (Å²) in [5, 5.41) is 23.6. The molecule has 8 nitrogen and oxygen atoms in total. The van der Waals surface area contributed by atoms with Gasteiger partial charge in [-0.3, -0.25) is 4.57 Å². The quantitative estimate of drug-likeness (QED) is 0.405. The van der Waals surface area contributed by atoms with Gasteiger partial charge in [-0.15, -0.1) is 6.42 Å². The molecule has 9 heteroatoms. The van der Waals surface area contributed by atoms with Crippen LogP contribution in [0, 0.1) is 19.3 Å². The molecule has 3 aromatic rings. The fourth-order valence-corrected chi connectivity index (χ4v) is 3.15. The van der Waals surface area contributed by atoms with Crippen molar-refractivity contribution in [1.29, 1.82) is 0 Å². The van der Waals surface area contributed by atoms with Crippen molar-refractivity contribution >= 4 is 22.7 Å². The maximum atomic E-state index is 10.3. The molecular formula is C19H18N5O3Y-. The summed E-state index contributed by atoms with van der Waals surface area (Å²) in [5.41, 5.74) is 2.49. The van der Waals surface area contributed by atoms with E-state index in [4.69, 9.17) is 11.2 Å². The van der Waals surface area contributed by atoms with E-state index < -0.39 is 24.5 Å². The molecule has 1 saturated heterocycles. The number of fused-ring (bicyclic) bond motifs is 1. The van der Waals surface area contributed by atoms with E-state index in [-0.39, 0.29) is 32.7 Å². The predicted molar refractivity (Wildman–Crippen MR) is 98.9 cm³/mol. The minimum Gasteiger partial charge on any atom is -0.388 e. The first-order valence-electron chi connectivity index (χ1n) is 8.44. The molecule has 0 spiro atoms. The number of nitrogens with zero attached hydrogens (tertiary/aromatic N) is 4. The summed E-state index contributed by atoms with van der Waals surface area (Å²) >= 11 is 0. The van der Waals surface area contributed by atoms with E-state index in [0.29, 0.717) is 23.4 Å². The molecule has 3 heterocycles. The maximum absolute atomic E-state index is 10.3. The standard InChI is InChI=1S/C19H18N5O3.Y/c1-3-11-6-5-7-12(8-11)23-17-14-18(21-9-20-17)24(10-22-14)19-16(26)15(25)13(4-2)27-19;/h1,5-10,13,15-16,19,25-26H,2,4H2,(H,20,21,23);/q-1;. The fraction of sp³-hybridized carbons (Fsp3) is 0.263. The molecule has 4 atom stereocenters. The molecule has 1 aromatic carbocycles. The van der Waals surface area contributed by atoms with Gasteiger partial charge in [-0.2, -0.15) is 6.42 Å². The molecule has 1 aliphatic rings. The largest absolute Gasteiger partial charge is 0.388 e. The predicted octanol–water partition coefficient (Wildman–Crippen LogP) is 1.39. The van der Waals surface area contributed by atoms with Crippen LogP contribution >= 0.6 is 0 Å². The number of aliphatic hydroxyl groups is 2. The number of aromatic nitrogens is 4. The molecule has 0 amide bonds. The molecule has 3 N–H and O–H groups in total. The van der Waals surface area contributed by atoms with E-state index in [0.717, 1.165) is 11.3 Å². The average Bonchev–Trinajstić information content (AvgIpc) is 3.24. The number of nitrogens with one attached hydrogen (secondary N) is 1. The Balaban J connectivity index is 0.00000225. The van der Waals surface area contributed by atoms with Crippen molar-refractivity contribution in [2.24, 2.45) is 0 Å². The van der Waals surface area contributed by atoms with Gasteiger partial charge in [-0.05, 0) is 18.2 Å². The first-order valence-corrected chi connectivity index (χ1v) is 8.44. The van der Waals surface area contributed by atoms with E-state index in [9.17, 15) is 10.2 Å². The van der Waals surface area contributed by atoms with Crippen LogP contribution in [0.25, 0.3) is 11.2 Å². The zero-order valence-electron chi connectivity index (χ0n) is 14.9. The van der Waals surface area contributed by atoms with Gasteiger partial charge in [-0.25, -0.2) is 15.0 Å². The van der Waals surface area contributed by atoms with E-state index in [1.165, 1.54) is 12.7 Å². The van der Waals surface area contributed by atoms with Crippen LogP contribution in [0.15, 0.2) is 36.9 Å². The van der Waals surface area contributed by atoms with Crippen molar-refractivity contribution in [1.82, 2.24) is 19.5 Å². The van der Waals surface area contributed by atoms with Gasteiger partial charge in [0.15, 0.2) is 23.2 Å². The van der Waals surface area contributed by atoms with Crippen LogP contribution in [-0.2, 0) is 37.4 Å². The summed E-state index contributed by atoms with van der Waals surface area (Å²) in [6.45, 7) is 3.74. The summed E-state index contributed by atoms with van der Waals surface area (Å²) in [6.07, 6.45) is 5.21. The molecule has 1 aliphatic heterocycles. The number of aliphatic hydroxyl groups excluding tert-OH is 2. The molecule has 28 heavy (non-hydrogen) atoms. The van der Waals surface area contributed by atoms with E-state index in [1.807, 2.05) is 24.3 Å². The van der Waals surface area contributed by atoms with E-state index >= 15 is 0 Å². The SMILES string of the molecule is C#Cc1cccc(Nc2ncnc3c2ncn3C2OC(C[CH2-])C(O)C2O)c1.[Y]. The van der Waals surface area contributed by atoms with Crippen molar-refractivity contribution in [3.8, 4) is 12.3 Å². The third-order valence-electron chi connectivity index (χ3n) is 4.55. The van der Waals surface area contributed by atoms with Crippen molar-refractivity contribution in [3.05, 3.63) is 49.4 Å². The van der Waals surface area contributed by atoms with Gasteiger partial charge in [-0.1, -0.05) is 12.0 Å². The minimum atomic E-state index is -1.10. The number of rotatable bonds is 4. The normalized spacial score (nSPS) is 23.9. The first-order chi connectivity index (χ1) is 13.1. The fourth-order valence-electron chi connectivity index (χ4n) is 3.15. The Morgan fingerprint density at radius 3 is 2.79 bits per heavy atom. The summed E-state index contributed by atoms with van der Waals surface area (Å²) < 4.78 is 7.32. The summed E-state index contributed by atoms with van der Waals surface area (Å²) in [5.74, 6) is 3.08. The molecule has 4 unspecified atom stereocenters. The van der Waals surface area contributed by atoms with E-state index in [2.05, 4.69) is 33.1 Å². The Labute approximate surface area is 187 Å². The van der Waals surface area contributed by atoms with Crippen molar-refractivity contribution < 1.29 is 47.7 Å². The van der Waals surface area contributed by atoms with Crippen LogP contribution in [0.4, 0.5) is 11.5 Å². The van der Waals surface area contributed by atoms with Crippen LogP contribution in [0.5, 0.6) is 0 Å². The van der Waals surface area contributed by atoms with Crippen LogP contribution in [-0.4, -0.2) is 48.0 Å². The van der Waals surface area contributed by atoms with Crippen LogP contribution < -0.4 is 5.32 Å². The summed E-state index contributed by atoms with van der Waals surface area (Å²) in [4.78, 5) is 12.9. The number of benzene rings is 1. The Hall–Kier alpha value is -1.89. The second-order valence-electron chi connectivity index (χ2n) is 6.23. The third-order valence-corrected chi connectivity index (χ3v) is 4.55. The van der Waals surface area contributed by atoms with Crippen LogP contribution in [0.2, 0.25) is 0 Å². The second-order valence-corrected chi connectivity index (χ2v) is 6.23. The number of hydrogen-bond acceptors (Lipinski definition) is 7. The number of hydrogen-bond donors (Lipinski definition) is 3. The average molecular weight is 453 g/mol. The molecule has 1 radical (unpaired) electrons. The monoisotopic (exact) mass is 453 g/mol. The topological polar surface area (TPSA) is 105 Å². The summed E-state index contributed by atoms with van der Waals surface area (Å²) in [7, 11) is 0. The summed E-state index contributed by atoms with van der Waals surface area (Å²) in [6, 6.07) is 7.37. The van der Waals surface area contributed by atoms with Crippen molar-refractivity contribution in [2.75, 3.05) is 5.32 Å². The first kappa shape index (κ1) is 20.8. The number of anilines is 2. The smallest absolute Gasteiger partial charge is 0.167 e.